The molecule has 4 rings (SSSR count). The highest BCUT2D eigenvalue weighted by atomic mass is 16.2. The highest BCUT2D eigenvalue weighted by Crippen LogP contribution is 2.26. The van der Waals surface area contributed by atoms with Gasteiger partial charge in [0.05, 0.1) is 5.92 Å². The number of piperidine rings is 1. The van der Waals surface area contributed by atoms with Crippen molar-refractivity contribution in [1.82, 2.24) is 15.1 Å². The largest absolute Gasteiger partial charge is 0.371 e. The first kappa shape index (κ1) is 19.2. The normalized spacial score (nSPS) is 21.6. The standard InChI is InChI=1S/C22H32N4O2/c1-24-12-8-17(9-13-24)22(28)26-15-19(16-26)21(27)23-14-18-6-2-3-7-20(18)25-10-4-5-11-25/h2-3,6-7,17,19H,4-5,8-16H2,1H3,(H,23,27). The molecule has 3 heterocycles. The molecule has 152 valence electrons. The van der Waals surface area contributed by atoms with Gasteiger partial charge in [-0.1, -0.05) is 18.2 Å². The van der Waals surface area contributed by atoms with Crippen LogP contribution in [0.3, 0.4) is 0 Å². The van der Waals surface area contributed by atoms with E-state index in [2.05, 4.69) is 40.4 Å². The molecule has 0 unspecified atom stereocenters. The summed E-state index contributed by atoms with van der Waals surface area (Å²) in [5, 5.41) is 3.10. The molecule has 3 aliphatic rings. The van der Waals surface area contributed by atoms with Gasteiger partial charge in [-0.05, 0) is 57.5 Å². The fourth-order valence-electron chi connectivity index (χ4n) is 4.59. The van der Waals surface area contributed by atoms with Crippen LogP contribution < -0.4 is 10.2 Å². The number of likely N-dealkylation sites (tertiary alicyclic amines) is 2. The first-order valence-corrected chi connectivity index (χ1v) is 10.7. The number of nitrogens with zero attached hydrogens (tertiary/aromatic N) is 3. The molecular weight excluding hydrogens is 352 g/mol. The van der Waals surface area contributed by atoms with E-state index in [1.165, 1.54) is 24.1 Å². The Balaban J connectivity index is 1.24. The van der Waals surface area contributed by atoms with Gasteiger partial charge < -0.3 is 20.0 Å². The smallest absolute Gasteiger partial charge is 0.226 e. The third-order valence-corrected chi connectivity index (χ3v) is 6.52. The molecule has 1 aromatic rings. The number of anilines is 1. The van der Waals surface area contributed by atoms with E-state index in [1.807, 2.05) is 11.0 Å². The summed E-state index contributed by atoms with van der Waals surface area (Å²) in [5.74, 6) is 0.405. The zero-order valence-electron chi connectivity index (χ0n) is 16.9. The molecule has 6 nitrogen and oxygen atoms in total. The molecule has 3 saturated heterocycles. The van der Waals surface area contributed by atoms with Crippen molar-refractivity contribution < 1.29 is 9.59 Å². The summed E-state index contributed by atoms with van der Waals surface area (Å²) in [6.07, 6.45) is 4.36. The summed E-state index contributed by atoms with van der Waals surface area (Å²) in [6.45, 7) is 5.89. The summed E-state index contributed by atoms with van der Waals surface area (Å²) >= 11 is 0. The Bertz CT molecular complexity index is 702. The van der Waals surface area contributed by atoms with E-state index in [0.29, 0.717) is 19.6 Å². The molecule has 0 atom stereocenters. The van der Waals surface area contributed by atoms with E-state index in [-0.39, 0.29) is 23.7 Å². The van der Waals surface area contributed by atoms with Crippen LogP contribution in [0.5, 0.6) is 0 Å². The van der Waals surface area contributed by atoms with Crippen LogP contribution in [0.25, 0.3) is 0 Å². The van der Waals surface area contributed by atoms with Gasteiger partial charge in [0.25, 0.3) is 0 Å². The predicted octanol–water partition coefficient (Wildman–Crippen LogP) is 1.70. The molecule has 0 bridgehead atoms. The Kier molecular flexibility index (Phi) is 5.85. The lowest BCUT2D eigenvalue weighted by Crippen LogP contribution is -2.57. The molecule has 0 saturated carbocycles. The summed E-state index contributed by atoms with van der Waals surface area (Å²) in [6, 6.07) is 8.35. The van der Waals surface area contributed by atoms with Crippen molar-refractivity contribution in [3.8, 4) is 0 Å². The predicted molar refractivity (Wildman–Crippen MR) is 110 cm³/mol. The van der Waals surface area contributed by atoms with Crippen LogP contribution in [0.1, 0.15) is 31.2 Å². The highest BCUT2D eigenvalue weighted by molar-refractivity contribution is 5.85. The van der Waals surface area contributed by atoms with Gasteiger partial charge in [0.1, 0.15) is 0 Å². The summed E-state index contributed by atoms with van der Waals surface area (Å²) in [7, 11) is 2.10. The first-order valence-electron chi connectivity index (χ1n) is 10.7. The number of nitrogens with one attached hydrogen (secondary N) is 1. The van der Waals surface area contributed by atoms with Crippen LogP contribution >= 0.6 is 0 Å². The number of benzene rings is 1. The zero-order chi connectivity index (χ0) is 19.5. The maximum Gasteiger partial charge on any atom is 0.226 e. The monoisotopic (exact) mass is 384 g/mol. The topological polar surface area (TPSA) is 55.9 Å². The van der Waals surface area contributed by atoms with Crippen LogP contribution in [-0.2, 0) is 16.1 Å². The zero-order valence-corrected chi connectivity index (χ0v) is 16.9. The van der Waals surface area contributed by atoms with E-state index in [9.17, 15) is 9.59 Å². The maximum atomic E-state index is 12.6. The van der Waals surface area contributed by atoms with Gasteiger partial charge in [0.15, 0.2) is 0 Å². The molecule has 0 spiro atoms. The Morgan fingerprint density at radius 2 is 1.68 bits per heavy atom. The fourth-order valence-corrected chi connectivity index (χ4v) is 4.59. The van der Waals surface area contributed by atoms with E-state index in [1.54, 1.807) is 0 Å². The number of hydrogen-bond donors (Lipinski definition) is 1. The van der Waals surface area contributed by atoms with E-state index in [4.69, 9.17) is 0 Å². The van der Waals surface area contributed by atoms with Crippen LogP contribution in [0.4, 0.5) is 5.69 Å². The van der Waals surface area contributed by atoms with E-state index in [0.717, 1.165) is 39.0 Å². The van der Waals surface area contributed by atoms with Crippen molar-refractivity contribution in [2.24, 2.45) is 11.8 Å². The van der Waals surface area contributed by atoms with Crippen molar-refractivity contribution in [3.63, 3.8) is 0 Å². The van der Waals surface area contributed by atoms with Gasteiger partial charge in [0, 0.05) is 44.3 Å². The summed E-state index contributed by atoms with van der Waals surface area (Å²) in [5.41, 5.74) is 2.42. The van der Waals surface area contributed by atoms with Crippen LogP contribution in [-0.4, -0.2) is 67.9 Å². The lowest BCUT2D eigenvalue weighted by Gasteiger charge is -2.41. The number of carbonyl (C=O) groups excluding carboxylic acids is 2. The summed E-state index contributed by atoms with van der Waals surface area (Å²) < 4.78 is 0. The Hall–Kier alpha value is -2.08. The third kappa shape index (κ3) is 4.17. The second-order valence-corrected chi connectivity index (χ2v) is 8.56. The van der Waals surface area contributed by atoms with Crippen molar-refractivity contribution in [3.05, 3.63) is 29.8 Å². The minimum atomic E-state index is -0.0610. The average molecular weight is 385 g/mol. The maximum absolute atomic E-state index is 12.6. The van der Waals surface area contributed by atoms with Crippen LogP contribution in [0, 0.1) is 11.8 Å². The molecule has 1 N–H and O–H groups in total. The minimum absolute atomic E-state index is 0.0610. The SMILES string of the molecule is CN1CCC(C(=O)N2CC(C(=O)NCc3ccccc3N3CCCC3)C2)CC1. The molecule has 0 aromatic heterocycles. The number of hydrogen-bond acceptors (Lipinski definition) is 4. The number of carbonyl (C=O) groups is 2. The average Bonchev–Trinajstić information content (AvgIpc) is 3.20. The van der Waals surface area contributed by atoms with Crippen LogP contribution in [0.15, 0.2) is 24.3 Å². The Labute approximate surface area is 167 Å². The Morgan fingerprint density at radius 3 is 2.39 bits per heavy atom. The molecule has 3 fully saturated rings. The summed E-state index contributed by atoms with van der Waals surface area (Å²) in [4.78, 5) is 31.7. The third-order valence-electron chi connectivity index (χ3n) is 6.52. The molecule has 28 heavy (non-hydrogen) atoms. The van der Waals surface area contributed by atoms with Crippen molar-refractivity contribution in [2.75, 3.05) is 51.2 Å². The first-order chi connectivity index (χ1) is 13.6. The highest BCUT2D eigenvalue weighted by Gasteiger charge is 2.38. The number of rotatable bonds is 5. The molecule has 1 aromatic carbocycles. The quantitative estimate of drug-likeness (QED) is 0.840. The van der Waals surface area contributed by atoms with Crippen molar-refractivity contribution in [2.45, 2.75) is 32.2 Å². The molecular formula is C22H32N4O2. The molecule has 0 aliphatic carbocycles. The second kappa shape index (κ2) is 8.52. The van der Waals surface area contributed by atoms with Crippen molar-refractivity contribution in [1.29, 1.82) is 0 Å². The van der Waals surface area contributed by atoms with E-state index >= 15 is 0 Å². The lowest BCUT2D eigenvalue weighted by molar-refractivity contribution is -0.147. The lowest BCUT2D eigenvalue weighted by atomic mass is 9.91. The molecule has 6 heteroatoms. The van der Waals surface area contributed by atoms with Gasteiger partial charge in [-0.2, -0.15) is 0 Å². The number of para-hydroxylation sites is 1. The molecule has 0 radical (unpaired) electrons. The van der Waals surface area contributed by atoms with Gasteiger partial charge in [0.2, 0.25) is 11.8 Å². The minimum Gasteiger partial charge on any atom is -0.371 e. The van der Waals surface area contributed by atoms with Gasteiger partial charge in [-0.25, -0.2) is 0 Å². The fraction of sp³-hybridized carbons (Fsp3) is 0.636. The van der Waals surface area contributed by atoms with Gasteiger partial charge in [-0.3, -0.25) is 9.59 Å². The van der Waals surface area contributed by atoms with Gasteiger partial charge >= 0.3 is 0 Å². The van der Waals surface area contributed by atoms with E-state index < -0.39 is 0 Å². The van der Waals surface area contributed by atoms with Crippen molar-refractivity contribution >= 4 is 17.5 Å². The molecule has 3 aliphatic heterocycles. The van der Waals surface area contributed by atoms with Crippen LogP contribution in [0.2, 0.25) is 0 Å². The molecule has 2 amide bonds. The number of amides is 2. The second-order valence-electron chi connectivity index (χ2n) is 8.56. The Morgan fingerprint density at radius 1 is 1.00 bits per heavy atom. The van der Waals surface area contributed by atoms with Gasteiger partial charge in [-0.15, -0.1) is 0 Å².